The van der Waals surface area contributed by atoms with Gasteiger partial charge in [-0.05, 0) is 25.1 Å². The maximum Gasteiger partial charge on any atom is 0.315 e. The van der Waals surface area contributed by atoms with Crippen LogP contribution in [0.2, 0.25) is 0 Å². The number of carbonyl (C=O) groups is 2. The fourth-order valence-electron chi connectivity index (χ4n) is 1.33. The largest absolute Gasteiger partial charge is 0.496 e. The zero-order valence-corrected chi connectivity index (χ0v) is 10.1. The Kier molecular flexibility index (Phi) is 4.65. The number of benzene rings is 1. The number of carbonyl (C=O) groups excluding carboxylic acids is 1. The molecule has 0 bridgehead atoms. The van der Waals surface area contributed by atoms with E-state index in [-0.39, 0.29) is 6.54 Å². The molecule has 0 heterocycles. The number of amides is 1. The zero-order chi connectivity index (χ0) is 13.7. The summed E-state index contributed by atoms with van der Waals surface area (Å²) in [5, 5.41) is 11.1. The average Bonchev–Trinajstić information content (AvgIpc) is 2.35. The highest BCUT2D eigenvalue weighted by atomic mass is 19.1. The lowest BCUT2D eigenvalue weighted by molar-refractivity contribution is -0.146. The van der Waals surface area contributed by atoms with Gasteiger partial charge in [0.05, 0.1) is 7.11 Å². The fraction of sp³-hybridized carbons (Fsp3) is 0.333. The van der Waals surface area contributed by atoms with Crippen LogP contribution in [0, 0.1) is 11.7 Å². The molecule has 18 heavy (non-hydrogen) atoms. The molecule has 0 fully saturated rings. The molecule has 2 N–H and O–H groups in total. The van der Waals surface area contributed by atoms with Crippen molar-refractivity contribution in [3.8, 4) is 5.75 Å². The summed E-state index contributed by atoms with van der Waals surface area (Å²) < 4.78 is 18.0. The van der Waals surface area contributed by atoms with E-state index in [0.717, 1.165) is 0 Å². The standard InChI is InChI=1S/C12H14FNO4/c1-7(12(16)17)11(15)14-6-8-5-9(13)3-4-10(8)18-2/h3-5,7H,6H2,1-2H3,(H,14,15)(H,16,17). The second-order valence-corrected chi connectivity index (χ2v) is 3.73. The molecule has 6 heteroatoms. The highest BCUT2D eigenvalue weighted by molar-refractivity contribution is 5.96. The fourth-order valence-corrected chi connectivity index (χ4v) is 1.33. The maximum absolute atomic E-state index is 13.0. The molecule has 0 aliphatic carbocycles. The third kappa shape index (κ3) is 3.44. The number of ether oxygens (including phenoxy) is 1. The van der Waals surface area contributed by atoms with E-state index in [1.165, 1.54) is 32.2 Å². The van der Waals surface area contributed by atoms with E-state index in [2.05, 4.69) is 5.32 Å². The molecular formula is C12H14FNO4. The molecule has 0 aliphatic heterocycles. The summed E-state index contributed by atoms with van der Waals surface area (Å²) >= 11 is 0. The number of hydrogen-bond acceptors (Lipinski definition) is 3. The molecule has 1 rings (SSSR count). The van der Waals surface area contributed by atoms with E-state index >= 15 is 0 Å². The highest BCUT2D eigenvalue weighted by Crippen LogP contribution is 2.19. The third-order valence-electron chi connectivity index (χ3n) is 2.46. The Hall–Kier alpha value is -2.11. The first-order valence-corrected chi connectivity index (χ1v) is 5.28. The molecule has 0 radical (unpaired) electrons. The van der Waals surface area contributed by atoms with Crippen molar-refractivity contribution in [1.82, 2.24) is 5.32 Å². The van der Waals surface area contributed by atoms with Gasteiger partial charge in [-0.3, -0.25) is 9.59 Å². The highest BCUT2D eigenvalue weighted by Gasteiger charge is 2.20. The van der Waals surface area contributed by atoms with Crippen LogP contribution in [0.25, 0.3) is 0 Å². The van der Waals surface area contributed by atoms with Gasteiger partial charge >= 0.3 is 5.97 Å². The number of carboxylic acid groups (broad SMARTS) is 1. The molecule has 0 spiro atoms. The van der Waals surface area contributed by atoms with Crippen molar-refractivity contribution in [2.45, 2.75) is 13.5 Å². The van der Waals surface area contributed by atoms with E-state index in [1.54, 1.807) is 0 Å². The van der Waals surface area contributed by atoms with Crippen LogP contribution in [0.1, 0.15) is 12.5 Å². The first-order valence-electron chi connectivity index (χ1n) is 5.28. The summed E-state index contributed by atoms with van der Waals surface area (Å²) in [6.07, 6.45) is 0. The van der Waals surface area contributed by atoms with Gasteiger partial charge in [-0.2, -0.15) is 0 Å². The van der Waals surface area contributed by atoms with Crippen LogP contribution in [-0.2, 0) is 16.1 Å². The van der Waals surface area contributed by atoms with E-state index < -0.39 is 23.6 Å². The molecule has 98 valence electrons. The predicted molar refractivity (Wildman–Crippen MR) is 61.6 cm³/mol. The first-order chi connectivity index (χ1) is 8.45. The van der Waals surface area contributed by atoms with Gasteiger partial charge in [-0.25, -0.2) is 4.39 Å². The van der Waals surface area contributed by atoms with Crippen molar-refractivity contribution in [3.63, 3.8) is 0 Å². The number of aliphatic carboxylic acids is 1. The van der Waals surface area contributed by atoms with E-state index in [0.29, 0.717) is 11.3 Å². The summed E-state index contributed by atoms with van der Waals surface area (Å²) in [5.74, 6) is -3.01. The smallest absolute Gasteiger partial charge is 0.315 e. The van der Waals surface area contributed by atoms with E-state index in [9.17, 15) is 14.0 Å². The van der Waals surface area contributed by atoms with Crippen LogP contribution in [0.4, 0.5) is 4.39 Å². The quantitative estimate of drug-likeness (QED) is 0.774. The lowest BCUT2D eigenvalue weighted by atomic mass is 10.1. The van der Waals surface area contributed by atoms with Gasteiger partial charge < -0.3 is 15.2 Å². The van der Waals surface area contributed by atoms with Crippen LogP contribution < -0.4 is 10.1 Å². The Morgan fingerprint density at radius 2 is 2.17 bits per heavy atom. The van der Waals surface area contributed by atoms with Gasteiger partial charge in [0.1, 0.15) is 17.5 Å². The summed E-state index contributed by atoms with van der Waals surface area (Å²) in [4.78, 5) is 22.0. The van der Waals surface area contributed by atoms with Crippen molar-refractivity contribution in [1.29, 1.82) is 0 Å². The molecule has 1 aromatic carbocycles. The van der Waals surface area contributed by atoms with Crippen molar-refractivity contribution < 1.29 is 23.8 Å². The molecule has 0 saturated heterocycles. The minimum absolute atomic E-state index is 0.0113. The van der Waals surface area contributed by atoms with Gasteiger partial charge in [0, 0.05) is 12.1 Å². The second kappa shape index (κ2) is 6.00. The summed E-state index contributed by atoms with van der Waals surface area (Å²) in [5.41, 5.74) is 0.448. The summed E-state index contributed by atoms with van der Waals surface area (Å²) in [7, 11) is 1.43. The minimum atomic E-state index is -1.21. The monoisotopic (exact) mass is 255 g/mol. The van der Waals surface area contributed by atoms with E-state index in [4.69, 9.17) is 9.84 Å². The van der Waals surface area contributed by atoms with Crippen LogP contribution in [-0.4, -0.2) is 24.1 Å². The van der Waals surface area contributed by atoms with Crippen LogP contribution in [0.5, 0.6) is 5.75 Å². The van der Waals surface area contributed by atoms with Crippen LogP contribution in [0.15, 0.2) is 18.2 Å². The Morgan fingerprint density at radius 3 is 2.72 bits per heavy atom. The molecule has 0 aromatic heterocycles. The van der Waals surface area contributed by atoms with Gasteiger partial charge in [-0.1, -0.05) is 0 Å². The van der Waals surface area contributed by atoms with Crippen molar-refractivity contribution in [2.75, 3.05) is 7.11 Å². The van der Waals surface area contributed by atoms with Gasteiger partial charge in [-0.15, -0.1) is 0 Å². The number of rotatable bonds is 5. The number of carboxylic acids is 1. The molecular weight excluding hydrogens is 241 g/mol. The normalized spacial score (nSPS) is 11.7. The van der Waals surface area contributed by atoms with Crippen molar-refractivity contribution in [2.24, 2.45) is 5.92 Å². The molecule has 1 amide bonds. The molecule has 1 unspecified atom stereocenters. The summed E-state index contributed by atoms with van der Waals surface area (Å²) in [6, 6.07) is 3.91. The van der Waals surface area contributed by atoms with Gasteiger partial charge in [0.25, 0.3) is 0 Å². The Balaban J connectivity index is 2.71. The number of methoxy groups -OCH3 is 1. The Morgan fingerprint density at radius 1 is 1.50 bits per heavy atom. The summed E-state index contributed by atoms with van der Waals surface area (Å²) in [6.45, 7) is 1.29. The minimum Gasteiger partial charge on any atom is -0.496 e. The topological polar surface area (TPSA) is 75.6 Å². The Labute approximate surface area is 104 Å². The second-order valence-electron chi connectivity index (χ2n) is 3.73. The van der Waals surface area contributed by atoms with Crippen molar-refractivity contribution >= 4 is 11.9 Å². The molecule has 0 aliphatic rings. The molecule has 1 atom stereocenters. The van der Waals surface area contributed by atoms with Crippen LogP contribution in [0.3, 0.4) is 0 Å². The van der Waals surface area contributed by atoms with E-state index in [1.807, 2.05) is 0 Å². The lowest BCUT2D eigenvalue weighted by Gasteiger charge is -2.11. The zero-order valence-electron chi connectivity index (χ0n) is 10.1. The third-order valence-corrected chi connectivity index (χ3v) is 2.46. The molecule has 1 aromatic rings. The average molecular weight is 255 g/mol. The number of halogens is 1. The van der Waals surface area contributed by atoms with Gasteiger partial charge in [0.15, 0.2) is 0 Å². The first kappa shape index (κ1) is 14.0. The van der Waals surface area contributed by atoms with Crippen molar-refractivity contribution in [3.05, 3.63) is 29.6 Å². The Bertz CT molecular complexity index is 461. The predicted octanol–water partition coefficient (Wildman–Crippen LogP) is 1.17. The maximum atomic E-state index is 13.0. The number of nitrogens with one attached hydrogen (secondary N) is 1. The molecule has 5 nitrogen and oxygen atoms in total. The van der Waals surface area contributed by atoms with Gasteiger partial charge in [0.2, 0.25) is 5.91 Å². The lowest BCUT2D eigenvalue weighted by Crippen LogP contribution is -2.33. The SMILES string of the molecule is COc1ccc(F)cc1CNC(=O)C(C)C(=O)O. The number of hydrogen-bond donors (Lipinski definition) is 2. The van der Waals surface area contributed by atoms with Crippen LogP contribution >= 0.6 is 0 Å². The molecule has 0 saturated carbocycles.